The molecule has 2 aromatic heterocycles. The second-order valence-electron chi connectivity index (χ2n) is 7.03. The van der Waals surface area contributed by atoms with Gasteiger partial charge in [0.2, 0.25) is 5.91 Å². The number of hydrogen-bond acceptors (Lipinski definition) is 7. The van der Waals surface area contributed by atoms with Crippen molar-refractivity contribution in [3.63, 3.8) is 0 Å². The zero-order chi connectivity index (χ0) is 19.9. The molecule has 1 amide bonds. The quantitative estimate of drug-likeness (QED) is 0.744. The smallest absolute Gasteiger partial charge is 0.253 e. The van der Waals surface area contributed by atoms with Crippen LogP contribution in [0.5, 0.6) is 0 Å². The third-order valence-electron chi connectivity index (χ3n) is 5.24. The highest BCUT2D eigenvalue weighted by Gasteiger charge is 2.42. The van der Waals surface area contributed by atoms with E-state index in [1.807, 2.05) is 6.92 Å². The van der Waals surface area contributed by atoms with Crippen molar-refractivity contribution in [2.45, 2.75) is 36.9 Å². The summed E-state index contributed by atoms with van der Waals surface area (Å²) in [5.41, 5.74) is 1.55. The summed E-state index contributed by atoms with van der Waals surface area (Å²) >= 11 is 1.19. The number of hydrogen-bond donors (Lipinski definition) is 0. The van der Waals surface area contributed by atoms with Gasteiger partial charge >= 0.3 is 0 Å². The zero-order valence-corrected chi connectivity index (χ0v) is 17.5. The van der Waals surface area contributed by atoms with E-state index in [-0.39, 0.29) is 10.1 Å². The Bertz CT molecular complexity index is 956. The summed E-state index contributed by atoms with van der Waals surface area (Å²) in [5.74, 6) is 0.539. The van der Waals surface area contributed by atoms with E-state index in [2.05, 4.69) is 5.16 Å². The number of ether oxygens (including phenoxy) is 1. The van der Waals surface area contributed by atoms with Gasteiger partial charge in [0.15, 0.2) is 0 Å². The minimum atomic E-state index is -3.75. The van der Waals surface area contributed by atoms with Crippen LogP contribution in [-0.4, -0.2) is 67.6 Å². The van der Waals surface area contributed by atoms with Gasteiger partial charge in [-0.05, 0) is 38.8 Å². The van der Waals surface area contributed by atoms with Gasteiger partial charge in [0.25, 0.3) is 10.0 Å². The predicted molar refractivity (Wildman–Crippen MR) is 104 cm³/mol. The van der Waals surface area contributed by atoms with Crippen molar-refractivity contribution in [2.75, 3.05) is 32.8 Å². The van der Waals surface area contributed by atoms with Crippen LogP contribution in [-0.2, 0) is 19.6 Å². The Morgan fingerprint density at radius 3 is 2.64 bits per heavy atom. The van der Waals surface area contributed by atoms with Crippen molar-refractivity contribution >= 4 is 27.3 Å². The second kappa shape index (κ2) is 7.58. The normalized spacial score (nSPS) is 21.4. The predicted octanol–water partition coefficient (Wildman–Crippen LogP) is 2.03. The van der Waals surface area contributed by atoms with E-state index in [1.54, 1.807) is 24.0 Å². The van der Waals surface area contributed by atoms with Gasteiger partial charge in [-0.1, -0.05) is 5.16 Å². The Kier molecular flexibility index (Phi) is 5.30. The molecule has 28 heavy (non-hydrogen) atoms. The molecule has 2 aliphatic heterocycles. The Hall–Kier alpha value is -1.75. The van der Waals surface area contributed by atoms with E-state index >= 15 is 0 Å². The van der Waals surface area contributed by atoms with E-state index in [0.717, 1.165) is 16.1 Å². The molecule has 152 valence electrons. The molecule has 1 atom stereocenters. The second-order valence-corrected chi connectivity index (χ2v) is 10.2. The van der Waals surface area contributed by atoms with Gasteiger partial charge in [-0.15, -0.1) is 11.3 Å². The largest absolute Gasteiger partial charge is 0.378 e. The summed E-state index contributed by atoms with van der Waals surface area (Å²) in [6.45, 7) is 6.02. The van der Waals surface area contributed by atoms with Gasteiger partial charge in [0.1, 0.15) is 16.0 Å². The number of amides is 1. The molecular weight excluding hydrogens is 402 g/mol. The molecule has 4 heterocycles. The SMILES string of the molecule is Cc1noc(C)c1-c1ccc(S(=O)(=O)N2CCC[C@H]2C(=O)N2CCOCC2)s1. The van der Waals surface area contributed by atoms with Gasteiger partial charge in [-0.3, -0.25) is 4.79 Å². The van der Waals surface area contributed by atoms with Crippen LogP contribution in [0.3, 0.4) is 0 Å². The first-order chi connectivity index (χ1) is 13.4. The van der Waals surface area contributed by atoms with Crippen LogP contribution in [0.25, 0.3) is 10.4 Å². The molecule has 0 saturated carbocycles. The Balaban J connectivity index is 1.60. The highest BCUT2D eigenvalue weighted by Crippen LogP contribution is 2.37. The minimum absolute atomic E-state index is 0.119. The van der Waals surface area contributed by atoms with Gasteiger partial charge in [0.05, 0.1) is 24.5 Å². The van der Waals surface area contributed by atoms with E-state index in [0.29, 0.717) is 51.4 Å². The third kappa shape index (κ3) is 3.38. The highest BCUT2D eigenvalue weighted by molar-refractivity contribution is 7.91. The Morgan fingerprint density at radius 1 is 1.21 bits per heavy atom. The summed E-state index contributed by atoms with van der Waals surface area (Å²) in [6, 6.07) is 2.75. The molecule has 0 unspecified atom stereocenters. The molecule has 2 aliphatic rings. The van der Waals surface area contributed by atoms with E-state index in [9.17, 15) is 13.2 Å². The maximum Gasteiger partial charge on any atom is 0.253 e. The number of thiophene rings is 1. The maximum absolute atomic E-state index is 13.3. The number of nitrogens with zero attached hydrogens (tertiary/aromatic N) is 3. The number of morpholine rings is 1. The molecule has 10 heteroatoms. The molecule has 0 aliphatic carbocycles. The summed E-state index contributed by atoms with van der Waals surface area (Å²) in [6.07, 6.45) is 1.24. The molecule has 2 fully saturated rings. The lowest BCUT2D eigenvalue weighted by Gasteiger charge is -2.32. The van der Waals surface area contributed by atoms with Crippen molar-refractivity contribution in [3.05, 3.63) is 23.6 Å². The number of carbonyl (C=O) groups is 1. The van der Waals surface area contributed by atoms with Crippen molar-refractivity contribution in [1.82, 2.24) is 14.4 Å². The summed E-state index contributed by atoms with van der Waals surface area (Å²) in [4.78, 5) is 15.4. The molecule has 8 nitrogen and oxygen atoms in total. The highest BCUT2D eigenvalue weighted by atomic mass is 32.2. The summed E-state index contributed by atoms with van der Waals surface area (Å²) in [7, 11) is -3.75. The van der Waals surface area contributed by atoms with Crippen LogP contribution in [0.2, 0.25) is 0 Å². The van der Waals surface area contributed by atoms with Crippen molar-refractivity contribution < 1.29 is 22.5 Å². The number of carbonyl (C=O) groups excluding carboxylic acids is 1. The number of aromatic nitrogens is 1. The molecule has 4 rings (SSSR count). The molecule has 2 saturated heterocycles. The average molecular weight is 426 g/mol. The fourth-order valence-corrected chi connectivity index (χ4v) is 7.04. The van der Waals surface area contributed by atoms with Crippen LogP contribution >= 0.6 is 11.3 Å². The fourth-order valence-electron chi connectivity index (χ4n) is 3.81. The summed E-state index contributed by atoms with van der Waals surface area (Å²) < 4.78 is 38.7. The lowest BCUT2D eigenvalue weighted by molar-refractivity contribution is -0.138. The first-order valence-electron chi connectivity index (χ1n) is 9.31. The van der Waals surface area contributed by atoms with Crippen LogP contribution in [0.4, 0.5) is 0 Å². The maximum atomic E-state index is 13.3. The van der Waals surface area contributed by atoms with Crippen LogP contribution in [0.1, 0.15) is 24.3 Å². The lowest BCUT2D eigenvalue weighted by atomic mass is 10.2. The van der Waals surface area contributed by atoms with Crippen LogP contribution in [0, 0.1) is 13.8 Å². The fraction of sp³-hybridized carbons (Fsp3) is 0.556. The van der Waals surface area contributed by atoms with Gasteiger partial charge < -0.3 is 14.2 Å². The van der Waals surface area contributed by atoms with E-state index < -0.39 is 16.1 Å². The van der Waals surface area contributed by atoms with E-state index in [4.69, 9.17) is 9.26 Å². The monoisotopic (exact) mass is 425 g/mol. The Labute approximate surface area is 168 Å². The van der Waals surface area contributed by atoms with Crippen molar-refractivity contribution in [3.8, 4) is 10.4 Å². The molecule has 0 spiro atoms. The number of rotatable bonds is 4. The van der Waals surface area contributed by atoms with Gasteiger partial charge in [0, 0.05) is 24.5 Å². The van der Waals surface area contributed by atoms with Crippen LogP contribution in [0.15, 0.2) is 20.9 Å². The Morgan fingerprint density at radius 2 is 1.96 bits per heavy atom. The van der Waals surface area contributed by atoms with Crippen molar-refractivity contribution in [2.24, 2.45) is 0 Å². The topological polar surface area (TPSA) is 93.0 Å². The first-order valence-corrected chi connectivity index (χ1v) is 11.6. The lowest BCUT2D eigenvalue weighted by Crippen LogP contribution is -2.50. The minimum Gasteiger partial charge on any atom is -0.378 e. The van der Waals surface area contributed by atoms with Crippen molar-refractivity contribution in [1.29, 1.82) is 0 Å². The van der Waals surface area contributed by atoms with Gasteiger partial charge in [-0.25, -0.2) is 8.42 Å². The first kappa shape index (κ1) is 19.6. The molecule has 0 aromatic carbocycles. The number of aryl methyl sites for hydroxylation is 2. The molecule has 0 N–H and O–H groups in total. The van der Waals surface area contributed by atoms with E-state index in [1.165, 1.54) is 15.6 Å². The van der Waals surface area contributed by atoms with Gasteiger partial charge in [-0.2, -0.15) is 4.31 Å². The zero-order valence-electron chi connectivity index (χ0n) is 15.9. The molecular formula is C18H23N3O5S2. The third-order valence-corrected chi connectivity index (χ3v) is 8.71. The molecule has 0 bridgehead atoms. The molecule has 2 aromatic rings. The molecule has 0 radical (unpaired) electrons. The van der Waals surface area contributed by atoms with Crippen LogP contribution < -0.4 is 0 Å². The number of sulfonamides is 1. The average Bonchev–Trinajstić information content (AvgIpc) is 3.42. The summed E-state index contributed by atoms with van der Waals surface area (Å²) in [5, 5.41) is 3.94. The standard InChI is InChI=1S/C18H23N3O5S2/c1-12-17(13(2)26-19-12)15-5-6-16(27-15)28(23,24)21-7-3-4-14(21)18(22)20-8-10-25-11-9-20/h5-6,14H,3-4,7-11H2,1-2H3/t14-/m0/s1.